The van der Waals surface area contributed by atoms with Crippen molar-refractivity contribution < 1.29 is 14.0 Å². The van der Waals surface area contributed by atoms with Gasteiger partial charge in [0.2, 0.25) is 5.91 Å². The third-order valence-electron chi connectivity index (χ3n) is 5.51. The van der Waals surface area contributed by atoms with Crippen molar-refractivity contribution in [1.82, 2.24) is 9.80 Å². The largest absolute Gasteiger partial charge is 0.450 e. The Morgan fingerprint density at radius 1 is 1.00 bits per heavy atom. The lowest BCUT2D eigenvalue weighted by molar-refractivity contribution is -0.137. The molecule has 6 heteroatoms. The van der Waals surface area contributed by atoms with Gasteiger partial charge in [-0.15, -0.1) is 0 Å². The van der Waals surface area contributed by atoms with Crippen molar-refractivity contribution in [1.29, 1.82) is 0 Å². The minimum atomic E-state index is -0.0861. The second-order valence-corrected chi connectivity index (χ2v) is 8.08. The highest BCUT2D eigenvalue weighted by Gasteiger charge is 2.31. The number of piperidine rings is 2. The van der Waals surface area contributed by atoms with Crippen LogP contribution >= 0.6 is 15.9 Å². The number of fused-ring (bicyclic) bond motifs is 1. The normalized spacial score (nSPS) is 19.1. The van der Waals surface area contributed by atoms with Gasteiger partial charge in [0, 0.05) is 37.5 Å². The number of para-hydroxylation sites is 1. The molecule has 2 aromatic rings. The summed E-state index contributed by atoms with van der Waals surface area (Å²) in [6.45, 7) is 3.01. The molecule has 2 amide bonds. The van der Waals surface area contributed by atoms with E-state index in [9.17, 15) is 9.59 Å². The molecule has 0 bridgehead atoms. The van der Waals surface area contributed by atoms with Crippen molar-refractivity contribution >= 4 is 38.7 Å². The first-order chi connectivity index (χ1) is 12.6. The Bertz CT molecular complexity index is 818. The molecule has 2 aliphatic heterocycles. The SMILES string of the molecule is O=C(c1cc2cccc(Br)c2o1)N1CCC(C(=O)N2CCCCC2)CC1. The zero-order valence-electron chi connectivity index (χ0n) is 14.7. The fraction of sp³-hybridized carbons (Fsp3) is 0.500. The lowest BCUT2D eigenvalue weighted by atomic mass is 9.94. The van der Waals surface area contributed by atoms with E-state index in [1.54, 1.807) is 6.07 Å². The van der Waals surface area contributed by atoms with Crippen molar-refractivity contribution in [2.45, 2.75) is 32.1 Å². The first kappa shape index (κ1) is 17.6. The van der Waals surface area contributed by atoms with Gasteiger partial charge in [-0.1, -0.05) is 12.1 Å². The summed E-state index contributed by atoms with van der Waals surface area (Å²) >= 11 is 3.46. The molecule has 0 aliphatic carbocycles. The average molecular weight is 419 g/mol. The maximum atomic E-state index is 12.8. The van der Waals surface area contributed by atoms with Gasteiger partial charge in [0.15, 0.2) is 5.76 Å². The van der Waals surface area contributed by atoms with Crippen LogP contribution in [0.3, 0.4) is 0 Å². The predicted molar refractivity (Wildman–Crippen MR) is 103 cm³/mol. The molecule has 0 unspecified atom stereocenters. The number of halogens is 1. The Labute approximate surface area is 161 Å². The van der Waals surface area contributed by atoms with Crippen LogP contribution in [0.25, 0.3) is 11.0 Å². The van der Waals surface area contributed by atoms with Gasteiger partial charge in [0.1, 0.15) is 5.58 Å². The van der Waals surface area contributed by atoms with E-state index in [-0.39, 0.29) is 17.7 Å². The van der Waals surface area contributed by atoms with E-state index in [0.29, 0.717) is 24.4 Å². The summed E-state index contributed by atoms with van der Waals surface area (Å²) in [5, 5.41) is 0.915. The van der Waals surface area contributed by atoms with Gasteiger partial charge in [-0.25, -0.2) is 0 Å². The number of hydrogen-bond donors (Lipinski definition) is 0. The summed E-state index contributed by atoms with van der Waals surface area (Å²) in [5.41, 5.74) is 0.700. The number of likely N-dealkylation sites (tertiary alicyclic amines) is 2. The second-order valence-electron chi connectivity index (χ2n) is 7.22. The van der Waals surface area contributed by atoms with Crippen LogP contribution in [0, 0.1) is 5.92 Å². The second kappa shape index (κ2) is 7.43. The van der Waals surface area contributed by atoms with E-state index >= 15 is 0 Å². The van der Waals surface area contributed by atoms with Crippen LogP contribution in [0.4, 0.5) is 0 Å². The van der Waals surface area contributed by atoms with E-state index in [2.05, 4.69) is 15.9 Å². The first-order valence-corrected chi connectivity index (χ1v) is 10.2. The summed E-state index contributed by atoms with van der Waals surface area (Å²) in [7, 11) is 0. The topological polar surface area (TPSA) is 53.8 Å². The molecule has 1 aromatic carbocycles. The molecule has 0 N–H and O–H groups in total. The minimum absolute atomic E-state index is 0.0574. The van der Waals surface area contributed by atoms with Crippen molar-refractivity contribution in [3.63, 3.8) is 0 Å². The fourth-order valence-corrected chi connectivity index (χ4v) is 4.45. The van der Waals surface area contributed by atoms with Gasteiger partial charge < -0.3 is 14.2 Å². The van der Waals surface area contributed by atoms with Crippen molar-refractivity contribution in [3.05, 3.63) is 34.5 Å². The van der Waals surface area contributed by atoms with Crippen LogP contribution in [0.1, 0.15) is 42.7 Å². The molecule has 1 aromatic heterocycles. The van der Waals surface area contributed by atoms with Crippen LogP contribution in [0.15, 0.2) is 33.2 Å². The molecule has 2 saturated heterocycles. The highest BCUT2D eigenvalue weighted by molar-refractivity contribution is 9.10. The third-order valence-corrected chi connectivity index (χ3v) is 6.13. The van der Waals surface area contributed by atoms with E-state index in [1.807, 2.05) is 28.0 Å². The third kappa shape index (κ3) is 3.39. The number of furan rings is 1. The summed E-state index contributed by atoms with van der Waals surface area (Å²) in [6, 6.07) is 7.56. The summed E-state index contributed by atoms with van der Waals surface area (Å²) in [5.74, 6) is 0.621. The quantitative estimate of drug-likeness (QED) is 0.738. The Morgan fingerprint density at radius 3 is 2.42 bits per heavy atom. The van der Waals surface area contributed by atoms with Crippen LogP contribution in [-0.2, 0) is 4.79 Å². The zero-order chi connectivity index (χ0) is 18.1. The van der Waals surface area contributed by atoms with Gasteiger partial charge in [-0.3, -0.25) is 9.59 Å². The van der Waals surface area contributed by atoms with Crippen LogP contribution in [0.5, 0.6) is 0 Å². The van der Waals surface area contributed by atoms with Gasteiger partial charge >= 0.3 is 0 Å². The standard InChI is InChI=1S/C20H23BrN2O3/c21-16-6-4-5-15-13-17(26-18(15)16)20(25)23-11-7-14(8-12-23)19(24)22-9-2-1-3-10-22/h4-6,13-14H,1-3,7-12H2. The molecule has 0 saturated carbocycles. The van der Waals surface area contributed by atoms with E-state index < -0.39 is 0 Å². The van der Waals surface area contributed by atoms with Gasteiger partial charge in [0.25, 0.3) is 5.91 Å². The summed E-state index contributed by atoms with van der Waals surface area (Å²) in [4.78, 5) is 29.3. The number of amides is 2. The Morgan fingerprint density at radius 2 is 1.73 bits per heavy atom. The van der Waals surface area contributed by atoms with Crippen molar-refractivity contribution in [2.24, 2.45) is 5.92 Å². The monoisotopic (exact) mass is 418 g/mol. The van der Waals surface area contributed by atoms with Crippen LogP contribution < -0.4 is 0 Å². The van der Waals surface area contributed by atoms with E-state index in [1.165, 1.54) is 6.42 Å². The van der Waals surface area contributed by atoms with E-state index in [0.717, 1.165) is 48.6 Å². The average Bonchev–Trinajstić information content (AvgIpc) is 3.13. The molecule has 0 spiro atoms. The van der Waals surface area contributed by atoms with E-state index in [4.69, 9.17) is 4.42 Å². The predicted octanol–water partition coefficient (Wildman–Crippen LogP) is 4.06. The van der Waals surface area contributed by atoms with Crippen LogP contribution in [0.2, 0.25) is 0 Å². The van der Waals surface area contributed by atoms with Crippen molar-refractivity contribution in [2.75, 3.05) is 26.2 Å². The number of rotatable bonds is 2. The number of carbonyl (C=O) groups excluding carboxylic acids is 2. The maximum Gasteiger partial charge on any atom is 0.289 e. The molecule has 4 rings (SSSR count). The molecule has 26 heavy (non-hydrogen) atoms. The smallest absolute Gasteiger partial charge is 0.289 e. The lowest BCUT2D eigenvalue weighted by Crippen LogP contribution is -2.45. The molecule has 2 fully saturated rings. The summed E-state index contributed by atoms with van der Waals surface area (Å²) < 4.78 is 6.62. The van der Waals surface area contributed by atoms with Crippen LogP contribution in [-0.4, -0.2) is 47.8 Å². The molecule has 5 nitrogen and oxygen atoms in total. The Kier molecular flexibility index (Phi) is 5.02. The number of benzene rings is 1. The van der Waals surface area contributed by atoms with Crippen molar-refractivity contribution in [3.8, 4) is 0 Å². The Balaban J connectivity index is 1.39. The molecule has 0 radical (unpaired) electrons. The highest BCUT2D eigenvalue weighted by Crippen LogP contribution is 2.29. The number of hydrogen-bond acceptors (Lipinski definition) is 3. The number of carbonyl (C=O) groups is 2. The first-order valence-electron chi connectivity index (χ1n) is 9.39. The molecular weight excluding hydrogens is 396 g/mol. The minimum Gasteiger partial charge on any atom is -0.450 e. The molecule has 2 aliphatic rings. The van der Waals surface area contributed by atoms with Gasteiger partial charge in [-0.2, -0.15) is 0 Å². The summed E-state index contributed by atoms with van der Waals surface area (Å²) in [6.07, 6.45) is 4.94. The molecule has 138 valence electrons. The highest BCUT2D eigenvalue weighted by atomic mass is 79.9. The Hall–Kier alpha value is -1.82. The molecule has 0 atom stereocenters. The fourth-order valence-electron chi connectivity index (χ4n) is 3.99. The maximum absolute atomic E-state index is 12.8. The number of nitrogens with zero attached hydrogens (tertiary/aromatic N) is 2. The zero-order valence-corrected chi connectivity index (χ0v) is 16.3. The molecular formula is C20H23BrN2O3. The van der Waals surface area contributed by atoms with Gasteiger partial charge in [0.05, 0.1) is 4.47 Å². The van der Waals surface area contributed by atoms with Gasteiger partial charge in [-0.05, 0) is 60.2 Å². The lowest BCUT2D eigenvalue weighted by Gasteiger charge is -2.35. The molecule has 3 heterocycles.